The lowest BCUT2D eigenvalue weighted by molar-refractivity contribution is 0.0816. The molecule has 2 aliphatic heterocycles. The fraction of sp³-hybridized carbons (Fsp3) is 0.579. The first-order chi connectivity index (χ1) is 12.1. The van der Waals surface area contributed by atoms with Gasteiger partial charge in [0.2, 0.25) is 0 Å². The molecule has 136 valence electrons. The highest BCUT2D eigenvalue weighted by molar-refractivity contribution is 5.94. The van der Waals surface area contributed by atoms with Gasteiger partial charge in [0, 0.05) is 43.9 Å². The number of likely N-dealkylation sites (tertiary alicyclic amines) is 1. The van der Waals surface area contributed by atoms with Crippen LogP contribution >= 0.6 is 0 Å². The molecule has 0 bridgehead atoms. The fourth-order valence-corrected chi connectivity index (χ4v) is 3.30. The average Bonchev–Trinajstić information content (AvgIpc) is 3.06. The number of anilines is 1. The second-order valence-corrected chi connectivity index (χ2v) is 6.94. The van der Waals surface area contributed by atoms with E-state index in [0.717, 1.165) is 63.3 Å². The summed E-state index contributed by atoms with van der Waals surface area (Å²) in [4.78, 5) is 14.6. The molecule has 0 spiro atoms. The van der Waals surface area contributed by atoms with Crippen molar-refractivity contribution in [1.29, 1.82) is 0 Å². The minimum atomic E-state index is -0.130. The summed E-state index contributed by atoms with van der Waals surface area (Å²) in [5.41, 5.74) is 2.86. The zero-order valence-electron chi connectivity index (χ0n) is 14.9. The standard InChI is InChI=1S/C19H28N4O2/c1-15-7-14-23(21-15)17-5-3-16(4-6-17)19(25)20-10-2-11-22-12-8-18(24)9-13-22/h3-6,18,24H,2,7-14H2,1H3,(H,20,25). The molecular formula is C19H28N4O2. The summed E-state index contributed by atoms with van der Waals surface area (Å²) in [6.45, 7) is 6.50. The van der Waals surface area contributed by atoms with Crippen molar-refractivity contribution >= 4 is 17.3 Å². The van der Waals surface area contributed by atoms with Crippen molar-refractivity contribution in [2.24, 2.45) is 5.10 Å². The van der Waals surface area contributed by atoms with E-state index in [1.54, 1.807) is 0 Å². The summed E-state index contributed by atoms with van der Waals surface area (Å²) >= 11 is 0. The Morgan fingerprint density at radius 3 is 2.60 bits per heavy atom. The van der Waals surface area contributed by atoms with Gasteiger partial charge in [-0.1, -0.05) is 0 Å². The Bertz CT molecular complexity index is 606. The maximum atomic E-state index is 12.2. The average molecular weight is 344 g/mol. The summed E-state index contributed by atoms with van der Waals surface area (Å²) in [6.07, 6.45) is 3.52. The summed E-state index contributed by atoms with van der Waals surface area (Å²) in [7, 11) is 0. The SMILES string of the molecule is CC1=NN(c2ccc(C(=O)NCCCN3CCC(O)CC3)cc2)CC1. The molecule has 2 aliphatic rings. The molecule has 1 aromatic rings. The van der Waals surface area contributed by atoms with Gasteiger partial charge < -0.3 is 15.3 Å². The van der Waals surface area contributed by atoms with Crippen molar-refractivity contribution in [2.45, 2.75) is 38.7 Å². The van der Waals surface area contributed by atoms with Gasteiger partial charge >= 0.3 is 0 Å². The third-order valence-electron chi connectivity index (χ3n) is 4.90. The molecule has 0 aliphatic carbocycles. The highest BCUT2D eigenvalue weighted by Crippen LogP contribution is 2.19. The van der Waals surface area contributed by atoms with Crippen LogP contribution in [-0.4, -0.2) is 60.5 Å². The number of piperidine rings is 1. The molecule has 1 amide bonds. The van der Waals surface area contributed by atoms with Crippen molar-refractivity contribution in [3.8, 4) is 0 Å². The van der Waals surface area contributed by atoms with Gasteiger partial charge in [-0.3, -0.25) is 9.80 Å². The van der Waals surface area contributed by atoms with Gasteiger partial charge in [-0.05, 0) is 57.0 Å². The number of aliphatic hydroxyl groups is 1. The molecule has 0 radical (unpaired) electrons. The number of hydrogen-bond acceptors (Lipinski definition) is 5. The fourth-order valence-electron chi connectivity index (χ4n) is 3.30. The molecule has 0 aromatic heterocycles. The van der Waals surface area contributed by atoms with Gasteiger partial charge in [-0.25, -0.2) is 0 Å². The molecule has 6 nitrogen and oxygen atoms in total. The maximum absolute atomic E-state index is 12.2. The van der Waals surface area contributed by atoms with Crippen LogP contribution in [0.5, 0.6) is 0 Å². The minimum absolute atomic E-state index is 0.0262. The molecule has 1 fully saturated rings. The van der Waals surface area contributed by atoms with Crippen LogP contribution < -0.4 is 10.3 Å². The van der Waals surface area contributed by atoms with Crippen LogP contribution in [0.1, 0.15) is 43.0 Å². The van der Waals surface area contributed by atoms with E-state index in [9.17, 15) is 9.90 Å². The number of aliphatic hydroxyl groups excluding tert-OH is 1. The van der Waals surface area contributed by atoms with Crippen LogP contribution in [0.3, 0.4) is 0 Å². The van der Waals surface area contributed by atoms with E-state index in [1.165, 1.54) is 0 Å². The summed E-state index contributed by atoms with van der Waals surface area (Å²) < 4.78 is 0. The smallest absolute Gasteiger partial charge is 0.251 e. The van der Waals surface area contributed by atoms with Gasteiger partial charge in [0.25, 0.3) is 5.91 Å². The van der Waals surface area contributed by atoms with Crippen molar-refractivity contribution in [1.82, 2.24) is 10.2 Å². The number of nitrogens with zero attached hydrogens (tertiary/aromatic N) is 3. The van der Waals surface area contributed by atoms with E-state index < -0.39 is 0 Å². The predicted molar refractivity (Wildman–Crippen MR) is 100 cm³/mol. The summed E-state index contributed by atoms with van der Waals surface area (Å²) in [5.74, 6) is -0.0262. The third kappa shape index (κ3) is 5.03. The van der Waals surface area contributed by atoms with Crippen molar-refractivity contribution in [3.63, 3.8) is 0 Å². The number of carbonyl (C=O) groups excluding carboxylic acids is 1. The molecule has 3 rings (SSSR count). The first kappa shape index (κ1) is 17.9. The molecule has 2 N–H and O–H groups in total. The number of benzene rings is 1. The molecular weight excluding hydrogens is 316 g/mol. The van der Waals surface area contributed by atoms with Gasteiger partial charge in [-0.2, -0.15) is 5.10 Å². The first-order valence-electron chi connectivity index (χ1n) is 9.22. The van der Waals surface area contributed by atoms with E-state index in [4.69, 9.17) is 0 Å². The van der Waals surface area contributed by atoms with E-state index in [0.29, 0.717) is 12.1 Å². The second-order valence-electron chi connectivity index (χ2n) is 6.94. The van der Waals surface area contributed by atoms with Crippen molar-refractivity contribution in [3.05, 3.63) is 29.8 Å². The number of hydrazone groups is 1. The van der Waals surface area contributed by atoms with E-state index >= 15 is 0 Å². The van der Waals surface area contributed by atoms with Crippen molar-refractivity contribution < 1.29 is 9.90 Å². The van der Waals surface area contributed by atoms with Crippen LogP contribution in [0.15, 0.2) is 29.4 Å². The monoisotopic (exact) mass is 344 g/mol. The maximum Gasteiger partial charge on any atom is 0.251 e. The summed E-state index contributed by atoms with van der Waals surface area (Å²) in [6, 6.07) is 7.63. The Balaban J connectivity index is 1.39. The molecule has 0 saturated carbocycles. The van der Waals surface area contributed by atoms with Crippen LogP contribution in [0.2, 0.25) is 0 Å². The zero-order chi connectivity index (χ0) is 17.6. The minimum Gasteiger partial charge on any atom is -0.393 e. The lowest BCUT2D eigenvalue weighted by atomic mass is 10.1. The molecule has 25 heavy (non-hydrogen) atoms. The Kier molecular flexibility index (Phi) is 6.04. The van der Waals surface area contributed by atoms with Crippen LogP contribution in [0.4, 0.5) is 5.69 Å². The molecule has 2 heterocycles. The first-order valence-corrected chi connectivity index (χ1v) is 9.22. The Hall–Kier alpha value is -1.92. The van der Waals surface area contributed by atoms with E-state index in [2.05, 4.69) is 15.3 Å². The highest BCUT2D eigenvalue weighted by atomic mass is 16.3. The highest BCUT2D eigenvalue weighted by Gasteiger charge is 2.16. The predicted octanol–water partition coefficient (Wildman–Crippen LogP) is 1.85. The number of carbonyl (C=O) groups is 1. The molecule has 1 aromatic carbocycles. The van der Waals surface area contributed by atoms with E-state index in [-0.39, 0.29) is 12.0 Å². The number of hydrogen-bond donors (Lipinski definition) is 2. The van der Waals surface area contributed by atoms with Gasteiger partial charge in [-0.15, -0.1) is 0 Å². The topological polar surface area (TPSA) is 68.2 Å². The Morgan fingerprint density at radius 1 is 1.24 bits per heavy atom. The number of rotatable bonds is 6. The second kappa shape index (κ2) is 8.45. The third-order valence-corrected chi connectivity index (χ3v) is 4.90. The summed E-state index contributed by atoms with van der Waals surface area (Å²) in [5, 5.41) is 18.9. The Labute approximate surface area is 149 Å². The molecule has 0 atom stereocenters. The molecule has 0 unspecified atom stereocenters. The molecule has 6 heteroatoms. The van der Waals surface area contributed by atoms with Crippen molar-refractivity contribution in [2.75, 3.05) is 37.7 Å². The van der Waals surface area contributed by atoms with Gasteiger partial charge in [0.1, 0.15) is 0 Å². The van der Waals surface area contributed by atoms with Crippen LogP contribution in [0.25, 0.3) is 0 Å². The Morgan fingerprint density at radius 2 is 1.96 bits per heavy atom. The lowest BCUT2D eigenvalue weighted by Gasteiger charge is -2.29. The largest absolute Gasteiger partial charge is 0.393 e. The van der Waals surface area contributed by atoms with Gasteiger partial charge in [0.15, 0.2) is 0 Å². The molecule has 1 saturated heterocycles. The quantitative estimate of drug-likeness (QED) is 0.773. The zero-order valence-corrected chi connectivity index (χ0v) is 14.9. The van der Waals surface area contributed by atoms with Crippen LogP contribution in [-0.2, 0) is 0 Å². The lowest BCUT2D eigenvalue weighted by Crippen LogP contribution is -2.37. The van der Waals surface area contributed by atoms with Gasteiger partial charge in [0.05, 0.1) is 11.8 Å². The van der Waals surface area contributed by atoms with Crippen LogP contribution in [0, 0.1) is 0 Å². The normalized spacial score (nSPS) is 19.1. The number of amides is 1. The number of nitrogens with one attached hydrogen (secondary N) is 1. The van der Waals surface area contributed by atoms with E-state index in [1.807, 2.05) is 36.2 Å².